The van der Waals surface area contributed by atoms with E-state index in [4.69, 9.17) is 4.74 Å². The number of nitrogens with one attached hydrogen (secondary N) is 1. The first-order valence-electron chi connectivity index (χ1n) is 8.30. The summed E-state index contributed by atoms with van der Waals surface area (Å²) in [6.07, 6.45) is 3.17. The standard InChI is InChI=1S/C17H21N3O5S/c1-24-15-5-3-8-20(12-15)17(21)13-4-2-6-16(10-13)26(22,23)18-11-14-7-9-25-19-14/h2,4,6-7,9-10,15,18H,3,5,8,11-12H2,1H3. The molecule has 1 fully saturated rings. The van der Waals surface area contributed by atoms with E-state index < -0.39 is 10.0 Å². The molecule has 3 rings (SSSR count). The third-order valence-electron chi connectivity index (χ3n) is 4.32. The Balaban J connectivity index is 1.73. The molecule has 140 valence electrons. The fourth-order valence-corrected chi connectivity index (χ4v) is 3.92. The molecule has 1 unspecified atom stereocenters. The van der Waals surface area contributed by atoms with E-state index >= 15 is 0 Å². The van der Waals surface area contributed by atoms with Crippen LogP contribution in [0.15, 0.2) is 46.0 Å². The van der Waals surface area contributed by atoms with Gasteiger partial charge in [0, 0.05) is 31.8 Å². The van der Waals surface area contributed by atoms with Gasteiger partial charge in [-0.1, -0.05) is 11.2 Å². The summed E-state index contributed by atoms with van der Waals surface area (Å²) in [5, 5.41) is 3.66. The largest absolute Gasteiger partial charge is 0.380 e. The Morgan fingerprint density at radius 3 is 3.00 bits per heavy atom. The number of methoxy groups -OCH3 is 1. The second-order valence-corrected chi connectivity index (χ2v) is 7.86. The fourth-order valence-electron chi connectivity index (χ4n) is 2.87. The number of likely N-dealkylation sites (tertiary alicyclic amines) is 1. The van der Waals surface area contributed by atoms with E-state index in [1.54, 1.807) is 30.2 Å². The number of aromatic nitrogens is 1. The van der Waals surface area contributed by atoms with Crippen molar-refractivity contribution in [3.05, 3.63) is 47.9 Å². The lowest BCUT2D eigenvalue weighted by molar-refractivity contribution is 0.0269. The summed E-state index contributed by atoms with van der Waals surface area (Å²) in [6, 6.07) is 7.61. The number of hydrogen-bond donors (Lipinski definition) is 1. The smallest absolute Gasteiger partial charge is 0.253 e. The molecule has 1 aliphatic rings. The molecular weight excluding hydrogens is 358 g/mol. The minimum Gasteiger partial charge on any atom is -0.380 e. The van der Waals surface area contributed by atoms with Gasteiger partial charge in [0.05, 0.1) is 23.2 Å². The summed E-state index contributed by atoms with van der Waals surface area (Å²) in [7, 11) is -2.13. The Labute approximate surface area is 152 Å². The quantitative estimate of drug-likeness (QED) is 0.814. The Morgan fingerprint density at radius 2 is 2.27 bits per heavy atom. The average molecular weight is 379 g/mol. The number of carbonyl (C=O) groups is 1. The van der Waals surface area contributed by atoms with Gasteiger partial charge in [-0.3, -0.25) is 4.79 Å². The van der Waals surface area contributed by atoms with E-state index in [0.29, 0.717) is 24.3 Å². The van der Waals surface area contributed by atoms with Crippen LogP contribution in [-0.2, 0) is 21.3 Å². The molecule has 26 heavy (non-hydrogen) atoms. The molecule has 1 N–H and O–H groups in total. The zero-order chi connectivity index (χ0) is 18.6. The summed E-state index contributed by atoms with van der Waals surface area (Å²) >= 11 is 0. The van der Waals surface area contributed by atoms with E-state index in [2.05, 4.69) is 14.4 Å². The minimum atomic E-state index is -3.77. The van der Waals surface area contributed by atoms with Gasteiger partial charge in [0.25, 0.3) is 5.91 Å². The highest BCUT2D eigenvalue weighted by atomic mass is 32.2. The molecule has 1 aromatic heterocycles. The second kappa shape index (κ2) is 7.98. The SMILES string of the molecule is COC1CCCN(C(=O)c2cccc(S(=O)(=O)NCc3ccon3)c2)C1. The van der Waals surface area contributed by atoms with Gasteiger partial charge in [-0.2, -0.15) is 0 Å². The molecule has 8 nitrogen and oxygen atoms in total. The summed E-state index contributed by atoms with van der Waals surface area (Å²) in [4.78, 5) is 14.5. The molecular formula is C17H21N3O5S. The zero-order valence-electron chi connectivity index (χ0n) is 14.4. The number of carbonyl (C=O) groups excluding carboxylic acids is 1. The maximum Gasteiger partial charge on any atom is 0.253 e. The number of sulfonamides is 1. The number of piperidine rings is 1. The monoisotopic (exact) mass is 379 g/mol. The van der Waals surface area contributed by atoms with Crippen LogP contribution in [0.5, 0.6) is 0 Å². The minimum absolute atomic E-state index is 0.0126. The average Bonchev–Trinajstić information content (AvgIpc) is 3.20. The first-order valence-corrected chi connectivity index (χ1v) is 9.79. The van der Waals surface area contributed by atoms with Crippen molar-refractivity contribution in [1.29, 1.82) is 0 Å². The fraction of sp³-hybridized carbons (Fsp3) is 0.412. The van der Waals surface area contributed by atoms with Gasteiger partial charge in [-0.15, -0.1) is 0 Å². The molecule has 1 aliphatic heterocycles. The van der Waals surface area contributed by atoms with Crippen molar-refractivity contribution in [3.63, 3.8) is 0 Å². The van der Waals surface area contributed by atoms with Crippen LogP contribution in [0.2, 0.25) is 0 Å². The first kappa shape index (κ1) is 18.6. The molecule has 0 saturated carbocycles. The lowest BCUT2D eigenvalue weighted by Crippen LogP contribution is -2.42. The lowest BCUT2D eigenvalue weighted by atomic mass is 10.1. The van der Waals surface area contributed by atoms with Crippen molar-refractivity contribution < 1.29 is 22.5 Å². The summed E-state index contributed by atoms with van der Waals surface area (Å²) in [5.41, 5.74) is 0.811. The van der Waals surface area contributed by atoms with Gasteiger partial charge in [-0.25, -0.2) is 13.1 Å². The van der Waals surface area contributed by atoms with Gasteiger partial charge >= 0.3 is 0 Å². The second-order valence-electron chi connectivity index (χ2n) is 6.09. The number of rotatable bonds is 6. The number of hydrogen-bond acceptors (Lipinski definition) is 6. The molecule has 1 aromatic carbocycles. The molecule has 0 bridgehead atoms. The van der Waals surface area contributed by atoms with Gasteiger partial charge in [0.1, 0.15) is 6.26 Å². The number of amides is 1. The Hall–Kier alpha value is -2.23. The Bertz CT molecular complexity index is 851. The molecule has 0 aliphatic carbocycles. The van der Waals surface area contributed by atoms with Crippen LogP contribution in [0.1, 0.15) is 28.9 Å². The highest BCUT2D eigenvalue weighted by molar-refractivity contribution is 7.89. The predicted octanol–water partition coefficient (Wildman–Crippen LogP) is 1.40. The van der Waals surface area contributed by atoms with Crippen LogP contribution in [0, 0.1) is 0 Å². The van der Waals surface area contributed by atoms with E-state index in [9.17, 15) is 13.2 Å². The number of ether oxygens (including phenoxy) is 1. The zero-order valence-corrected chi connectivity index (χ0v) is 15.2. The lowest BCUT2D eigenvalue weighted by Gasteiger charge is -2.32. The van der Waals surface area contributed by atoms with E-state index in [1.165, 1.54) is 18.4 Å². The van der Waals surface area contributed by atoms with E-state index in [-0.39, 0.29) is 23.5 Å². The van der Waals surface area contributed by atoms with Crippen molar-refractivity contribution >= 4 is 15.9 Å². The van der Waals surface area contributed by atoms with Crippen LogP contribution in [0.4, 0.5) is 0 Å². The molecule has 2 aromatic rings. The number of benzene rings is 1. The van der Waals surface area contributed by atoms with Crippen LogP contribution < -0.4 is 4.72 Å². The normalized spacial score (nSPS) is 18.0. The third kappa shape index (κ3) is 4.29. The van der Waals surface area contributed by atoms with Crippen molar-refractivity contribution in [2.45, 2.75) is 30.4 Å². The van der Waals surface area contributed by atoms with Gasteiger partial charge < -0.3 is 14.2 Å². The summed E-state index contributed by atoms with van der Waals surface area (Å²) < 4.78 is 37.4. The van der Waals surface area contributed by atoms with Crippen molar-refractivity contribution in [1.82, 2.24) is 14.8 Å². The van der Waals surface area contributed by atoms with Crippen LogP contribution in [0.3, 0.4) is 0 Å². The van der Waals surface area contributed by atoms with Gasteiger partial charge in [0.2, 0.25) is 10.0 Å². The molecule has 0 spiro atoms. The highest BCUT2D eigenvalue weighted by Crippen LogP contribution is 2.18. The summed E-state index contributed by atoms with van der Waals surface area (Å²) in [5.74, 6) is -0.194. The van der Waals surface area contributed by atoms with E-state index in [0.717, 1.165) is 12.8 Å². The van der Waals surface area contributed by atoms with Gasteiger partial charge in [-0.05, 0) is 31.0 Å². The maximum absolute atomic E-state index is 12.7. The molecule has 0 radical (unpaired) electrons. The van der Waals surface area contributed by atoms with Gasteiger partial charge in [0.15, 0.2) is 0 Å². The third-order valence-corrected chi connectivity index (χ3v) is 5.72. The highest BCUT2D eigenvalue weighted by Gasteiger charge is 2.25. The van der Waals surface area contributed by atoms with Crippen molar-refractivity contribution in [3.8, 4) is 0 Å². The molecule has 1 atom stereocenters. The Kier molecular flexibility index (Phi) is 5.70. The van der Waals surface area contributed by atoms with Crippen molar-refractivity contribution in [2.75, 3.05) is 20.2 Å². The molecule has 2 heterocycles. The molecule has 1 amide bonds. The summed E-state index contributed by atoms with van der Waals surface area (Å²) in [6.45, 7) is 1.16. The molecule has 9 heteroatoms. The van der Waals surface area contributed by atoms with Crippen molar-refractivity contribution in [2.24, 2.45) is 0 Å². The number of nitrogens with zero attached hydrogens (tertiary/aromatic N) is 2. The maximum atomic E-state index is 12.7. The van der Waals surface area contributed by atoms with Crippen LogP contribution in [0.25, 0.3) is 0 Å². The molecule has 1 saturated heterocycles. The van der Waals surface area contributed by atoms with Crippen LogP contribution >= 0.6 is 0 Å². The topological polar surface area (TPSA) is 102 Å². The first-order chi connectivity index (χ1) is 12.5. The predicted molar refractivity (Wildman–Crippen MR) is 92.9 cm³/mol. The Morgan fingerprint density at radius 1 is 1.42 bits per heavy atom. The van der Waals surface area contributed by atoms with Crippen LogP contribution in [-0.4, -0.2) is 50.7 Å². The van der Waals surface area contributed by atoms with E-state index in [1.807, 2.05) is 0 Å².